The van der Waals surface area contributed by atoms with E-state index in [-0.39, 0.29) is 5.75 Å². The van der Waals surface area contributed by atoms with Crippen molar-refractivity contribution in [3.05, 3.63) is 44.9 Å². The van der Waals surface area contributed by atoms with E-state index >= 15 is 0 Å². The maximum Gasteiger partial charge on any atom is 0.120 e. The van der Waals surface area contributed by atoms with Gasteiger partial charge in [-0.15, -0.1) is 11.3 Å². The van der Waals surface area contributed by atoms with Gasteiger partial charge >= 0.3 is 0 Å². The maximum absolute atomic E-state index is 9.63. The van der Waals surface area contributed by atoms with Gasteiger partial charge in [-0.3, -0.25) is 0 Å². The minimum Gasteiger partial charge on any atom is -0.508 e. The molecule has 2 rings (SSSR count). The van der Waals surface area contributed by atoms with Crippen LogP contribution in [0.15, 0.2) is 24.4 Å². The Morgan fingerprint density at radius 3 is 2.94 bits per heavy atom. The molecule has 2 N–H and O–H groups in total. The molecule has 0 amide bonds. The van der Waals surface area contributed by atoms with Gasteiger partial charge in [0, 0.05) is 34.7 Å². The summed E-state index contributed by atoms with van der Waals surface area (Å²) in [5, 5.41) is 14.6. The van der Waals surface area contributed by atoms with Crippen LogP contribution in [0.25, 0.3) is 0 Å². The minimum atomic E-state index is 0.266. The number of benzene rings is 1. The smallest absolute Gasteiger partial charge is 0.120 e. The van der Waals surface area contributed by atoms with Crippen molar-refractivity contribution in [2.24, 2.45) is 0 Å². The molecular formula is C12H13ClN2OS. The first-order chi connectivity index (χ1) is 8.15. The quantitative estimate of drug-likeness (QED) is 0.896. The normalized spacial score (nSPS) is 10.7. The van der Waals surface area contributed by atoms with Crippen molar-refractivity contribution in [3.8, 4) is 5.75 Å². The average Bonchev–Trinajstić information content (AvgIpc) is 2.69. The molecule has 1 heterocycles. The van der Waals surface area contributed by atoms with Crippen LogP contribution in [0.2, 0.25) is 5.02 Å². The van der Waals surface area contributed by atoms with Gasteiger partial charge in [-0.1, -0.05) is 11.6 Å². The number of phenolic OH excluding ortho intramolecular Hbond substituents is 1. The minimum absolute atomic E-state index is 0.266. The summed E-state index contributed by atoms with van der Waals surface area (Å²) in [5.41, 5.74) is 0.804. The number of phenols is 1. The van der Waals surface area contributed by atoms with Crippen LogP contribution in [-0.2, 0) is 13.1 Å². The number of aromatic nitrogens is 1. The lowest BCUT2D eigenvalue weighted by molar-refractivity contribution is 0.464. The van der Waals surface area contributed by atoms with Crippen LogP contribution >= 0.6 is 22.9 Å². The first kappa shape index (κ1) is 12.4. The van der Waals surface area contributed by atoms with E-state index in [1.54, 1.807) is 29.5 Å². The first-order valence-electron chi connectivity index (χ1n) is 5.24. The van der Waals surface area contributed by atoms with E-state index in [1.807, 2.05) is 13.1 Å². The van der Waals surface area contributed by atoms with Gasteiger partial charge < -0.3 is 10.4 Å². The zero-order valence-corrected chi connectivity index (χ0v) is 11.0. The van der Waals surface area contributed by atoms with Crippen LogP contribution in [0.1, 0.15) is 15.4 Å². The number of thiazole rings is 1. The van der Waals surface area contributed by atoms with E-state index in [4.69, 9.17) is 11.6 Å². The number of nitrogens with zero attached hydrogens (tertiary/aromatic N) is 1. The van der Waals surface area contributed by atoms with Gasteiger partial charge in [0.05, 0.1) is 5.01 Å². The van der Waals surface area contributed by atoms with Crippen molar-refractivity contribution in [3.63, 3.8) is 0 Å². The predicted molar refractivity (Wildman–Crippen MR) is 70.5 cm³/mol. The molecule has 3 nitrogen and oxygen atoms in total. The number of hydrogen-bond acceptors (Lipinski definition) is 4. The molecule has 0 spiro atoms. The summed E-state index contributed by atoms with van der Waals surface area (Å²) in [5.74, 6) is 0.266. The molecule has 5 heteroatoms. The second kappa shape index (κ2) is 5.49. The van der Waals surface area contributed by atoms with Crippen LogP contribution in [0.5, 0.6) is 5.75 Å². The van der Waals surface area contributed by atoms with Crippen molar-refractivity contribution in [2.45, 2.75) is 20.0 Å². The zero-order valence-electron chi connectivity index (χ0n) is 9.40. The molecule has 90 valence electrons. The highest BCUT2D eigenvalue weighted by molar-refractivity contribution is 7.11. The molecule has 0 saturated carbocycles. The van der Waals surface area contributed by atoms with Crippen LogP contribution in [0, 0.1) is 6.92 Å². The number of rotatable bonds is 4. The molecule has 0 saturated heterocycles. The second-order valence-corrected chi connectivity index (χ2v) is 5.48. The number of halogens is 1. The molecule has 0 fully saturated rings. The second-order valence-electron chi connectivity index (χ2n) is 3.72. The summed E-state index contributed by atoms with van der Waals surface area (Å²) in [6.07, 6.45) is 1.87. The molecule has 2 aromatic rings. The van der Waals surface area contributed by atoms with Gasteiger partial charge in [0.1, 0.15) is 5.75 Å². The average molecular weight is 269 g/mol. The maximum atomic E-state index is 9.63. The fraction of sp³-hybridized carbons (Fsp3) is 0.250. The third kappa shape index (κ3) is 3.43. The summed E-state index contributed by atoms with van der Waals surface area (Å²) in [7, 11) is 0. The Labute approximate surface area is 109 Å². The number of nitrogens with one attached hydrogen (secondary N) is 1. The van der Waals surface area contributed by atoms with E-state index in [1.165, 1.54) is 4.88 Å². The SMILES string of the molecule is Cc1ncc(CNCc2cc(Cl)ccc2O)s1. The van der Waals surface area contributed by atoms with Crippen molar-refractivity contribution >= 4 is 22.9 Å². The van der Waals surface area contributed by atoms with Crippen molar-refractivity contribution in [2.75, 3.05) is 0 Å². The Morgan fingerprint density at radius 2 is 2.24 bits per heavy atom. The lowest BCUT2D eigenvalue weighted by atomic mass is 10.2. The monoisotopic (exact) mass is 268 g/mol. The van der Waals surface area contributed by atoms with Crippen molar-refractivity contribution in [1.82, 2.24) is 10.3 Å². The fourth-order valence-corrected chi connectivity index (χ4v) is 2.46. The molecule has 0 aliphatic rings. The molecule has 17 heavy (non-hydrogen) atoms. The molecule has 0 radical (unpaired) electrons. The van der Waals surface area contributed by atoms with Gasteiger partial charge in [0.15, 0.2) is 0 Å². The highest BCUT2D eigenvalue weighted by atomic mass is 35.5. The molecule has 0 aliphatic heterocycles. The first-order valence-corrected chi connectivity index (χ1v) is 6.44. The largest absolute Gasteiger partial charge is 0.508 e. The summed E-state index contributed by atoms with van der Waals surface area (Å²) in [6, 6.07) is 5.05. The molecule has 1 aromatic carbocycles. The van der Waals surface area contributed by atoms with Crippen LogP contribution in [0.4, 0.5) is 0 Å². The summed E-state index contributed by atoms with van der Waals surface area (Å²) in [4.78, 5) is 5.37. The lowest BCUT2D eigenvalue weighted by Crippen LogP contribution is -2.11. The van der Waals surface area contributed by atoms with Gasteiger partial charge in [0.25, 0.3) is 0 Å². The Kier molecular flexibility index (Phi) is 3.99. The van der Waals surface area contributed by atoms with E-state index in [0.717, 1.165) is 17.1 Å². The fourth-order valence-electron chi connectivity index (χ4n) is 1.50. The third-order valence-electron chi connectivity index (χ3n) is 2.33. The number of aryl methyl sites for hydroxylation is 1. The van der Waals surface area contributed by atoms with Crippen LogP contribution < -0.4 is 5.32 Å². The highest BCUT2D eigenvalue weighted by Gasteiger charge is 2.02. The molecule has 1 aromatic heterocycles. The molecule has 0 atom stereocenters. The predicted octanol–water partition coefficient (Wildman–Crippen LogP) is 3.10. The molecular weight excluding hydrogens is 256 g/mol. The zero-order chi connectivity index (χ0) is 12.3. The highest BCUT2D eigenvalue weighted by Crippen LogP contribution is 2.21. The van der Waals surface area contributed by atoms with Gasteiger partial charge in [-0.25, -0.2) is 4.98 Å². The molecule has 0 unspecified atom stereocenters. The van der Waals surface area contributed by atoms with Gasteiger partial charge in [-0.05, 0) is 25.1 Å². The van der Waals surface area contributed by atoms with Crippen molar-refractivity contribution < 1.29 is 5.11 Å². The Bertz CT molecular complexity index is 513. The van der Waals surface area contributed by atoms with E-state index < -0.39 is 0 Å². The van der Waals surface area contributed by atoms with Crippen LogP contribution in [0.3, 0.4) is 0 Å². The van der Waals surface area contributed by atoms with E-state index in [0.29, 0.717) is 11.6 Å². The van der Waals surface area contributed by atoms with Gasteiger partial charge in [-0.2, -0.15) is 0 Å². The lowest BCUT2D eigenvalue weighted by Gasteiger charge is -2.06. The molecule has 0 bridgehead atoms. The Morgan fingerprint density at radius 1 is 1.41 bits per heavy atom. The Hall–Kier alpha value is -1.10. The van der Waals surface area contributed by atoms with Crippen LogP contribution in [-0.4, -0.2) is 10.1 Å². The summed E-state index contributed by atoms with van der Waals surface area (Å²) >= 11 is 7.54. The number of hydrogen-bond donors (Lipinski definition) is 2. The van der Waals surface area contributed by atoms with E-state index in [2.05, 4.69) is 10.3 Å². The number of aromatic hydroxyl groups is 1. The molecule has 0 aliphatic carbocycles. The van der Waals surface area contributed by atoms with Gasteiger partial charge in [0.2, 0.25) is 0 Å². The van der Waals surface area contributed by atoms with E-state index in [9.17, 15) is 5.11 Å². The topological polar surface area (TPSA) is 45.2 Å². The Balaban J connectivity index is 1.91. The summed E-state index contributed by atoms with van der Waals surface area (Å²) < 4.78 is 0. The standard InChI is InChI=1S/C12H13ClN2OS/c1-8-15-7-11(17-8)6-14-5-9-4-10(13)2-3-12(9)16/h2-4,7,14,16H,5-6H2,1H3. The summed E-state index contributed by atoms with van der Waals surface area (Å²) in [6.45, 7) is 3.32. The van der Waals surface area contributed by atoms with Crippen molar-refractivity contribution in [1.29, 1.82) is 0 Å². The third-order valence-corrected chi connectivity index (χ3v) is 3.47.